The zero-order valence-corrected chi connectivity index (χ0v) is 18.7. The van der Waals surface area contributed by atoms with E-state index in [9.17, 15) is 10.2 Å². The van der Waals surface area contributed by atoms with Crippen LogP contribution in [0.5, 0.6) is 0 Å². The molecule has 0 radical (unpaired) electrons. The third-order valence-electron chi connectivity index (χ3n) is 6.09. The van der Waals surface area contributed by atoms with Crippen LogP contribution in [0.15, 0.2) is 30.3 Å². The van der Waals surface area contributed by atoms with Crippen LogP contribution in [0.3, 0.4) is 0 Å². The minimum Gasteiger partial charge on any atom is -0.414 e. The van der Waals surface area contributed by atoms with Gasteiger partial charge in [-0.2, -0.15) is 0 Å². The zero-order chi connectivity index (χ0) is 20.5. The molecule has 1 saturated heterocycles. The molecule has 1 aliphatic heterocycles. The van der Waals surface area contributed by atoms with Crippen LogP contribution in [0.4, 0.5) is 0 Å². The van der Waals surface area contributed by atoms with E-state index in [2.05, 4.69) is 33.9 Å². The summed E-state index contributed by atoms with van der Waals surface area (Å²) in [6.45, 7) is 14.9. The molecule has 2 unspecified atom stereocenters. The van der Waals surface area contributed by atoms with Gasteiger partial charge in [0.05, 0.1) is 19.3 Å². The second-order valence-electron chi connectivity index (χ2n) is 9.33. The number of hydrogen-bond donors (Lipinski definition) is 2. The van der Waals surface area contributed by atoms with Crippen molar-refractivity contribution in [2.75, 3.05) is 6.61 Å². The van der Waals surface area contributed by atoms with E-state index in [0.29, 0.717) is 6.61 Å². The van der Waals surface area contributed by atoms with Crippen molar-refractivity contribution in [3.05, 3.63) is 35.9 Å². The van der Waals surface area contributed by atoms with Crippen molar-refractivity contribution in [1.29, 1.82) is 0 Å². The number of aliphatic hydroxyl groups is 2. The first kappa shape index (κ1) is 22.5. The summed E-state index contributed by atoms with van der Waals surface area (Å²) in [6.07, 6.45) is -2.62. The fourth-order valence-electron chi connectivity index (χ4n) is 2.96. The summed E-state index contributed by atoms with van der Waals surface area (Å²) in [6, 6.07) is 9.77. The molecule has 2 rings (SSSR count). The Bertz CT molecular complexity index is 596. The number of rotatable bonds is 6. The Hall–Kier alpha value is -0.763. The van der Waals surface area contributed by atoms with Gasteiger partial charge in [-0.25, -0.2) is 0 Å². The summed E-state index contributed by atoms with van der Waals surface area (Å²) in [5.74, 6) is 0. The van der Waals surface area contributed by atoms with E-state index in [4.69, 9.17) is 13.9 Å². The van der Waals surface area contributed by atoms with E-state index in [1.165, 1.54) is 0 Å². The molecule has 0 bridgehead atoms. The lowest BCUT2D eigenvalue weighted by atomic mass is 9.84. The molecule has 1 fully saturated rings. The Morgan fingerprint density at radius 1 is 1.19 bits per heavy atom. The summed E-state index contributed by atoms with van der Waals surface area (Å²) in [5, 5.41) is 21.8. The topological polar surface area (TPSA) is 68.2 Å². The van der Waals surface area contributed by atoms with Crippen molar-refractivity contribution in [1.82, 2.24) is 0 Å². The molecule has 1 heterocycles. The Labute approximate surface area is 164 Å². The van der Waals surface area contributed by atoms with E-state index in [1.807, 2.05) is 37.3 Å². The molecule has 0 aromatic heterocycles. The van der Waals surface area contributed by atoms with Gasteiger partial charge in [-0.05, 0) is 37.5 Å². The highest BCUT2D eigenvalue weighted by Gasteiger charge is 2.52. The lowest BCUT2D eigenvalue weighted by molar-refractivity contribution is -0.276. The van der Waals surface area contributed by atoms with Crippen LogP contribution < -0.4 is 0 Å². The van der Waals surface area contributed by atoms with Crippen molar-refractivity contribution in [3.63, 3.8) is 0 Å². The Kier molecular flexibility index (Phi) is 6.93. The third-order valence-corrected chi connectivity index (χ3v) is 10.6. The Morgan fingerprint density at radius 2 is 1.78 bits per heavy atom. The first-order valence-corrected chi connectivity index (χ1v) is 12.6. The number of ether oxygens (including phenoxy) is 2. The molecule has 6 heteroatoms. The van der Waals surface area contributed by atoms with Gasteiger partial charge in [-0.3, -0.25) is 0 Å². The minimum absolute atomic E-state index is 0.0685. The average Bonchev–Trinajstić information content (AvgIpc) is 2.57. The molecule has 2 N–H and O–H groups in total. The highest BCUT2D eigenvalue weighted by Crippen LogP contribution is 2.38. The molecule has 0 saturated carbocycles. The summed E-state index contributed by atoms with van der Waals surface area (Å²) in [5.41, 5.74) is -0.434. The highest BCUT2D eigenvalue weighted by atomic mass is 28.4. The maximum atomic E-state index is 11.0. The van der Waals surface area contributed by atoms with Gasteiger partial charge in [0, 0.05) is 0 Å². The standard InChI is InChI=1S/C21H36O5Si/c1-15-18(24-13-16-11-9-8-10-12-16)19(22)21(5,23)17(26-15)14-25-27(6,7)20(2,3)4/h8-12,15,17-19,22-23H,13-14H2,1-7H3/t15-,17?,18?,19+,21+/m0/s1. The molecule has 5 atom stereocenters. The summed E-state index contributed by atoms with van der Waals surface area (Å²) >= 11 is 0. The number of aliphatic hydroxyl groups excluding tert-OH is 1. The van der Waals surface area contributed by atoms with Gasteiger partial charge in [-0.1, -0.05) is 51.1 Å². The molecule has 27 heavy (non-hydrogen) atoms. The van der Waals surface area contributed by atoms with Crippen LogP contribution in [0, 0.1) is 0 Å². The van der Waals surface area contributed by atoms with Gasteiger partial charge in [-0.15, -0.1) is 0 Å². The van der Waals surface area contributed by atoms with Crippen molar-refractivity contribution in [2.24, 2.45) is 0 Å². The predicted octanol–water partition coefficient (Wildman–Crippen LogP) is 3.49. The minimum atomic E-state index is -1.98. The second kappa shape index (κ2) is 8.31. The zero-order valence-electron chi connectivity index (χ0n) is 17.7. The summed E-state index contributed by atoms with van der Waals surface area (Å²) in [7, 11) is -1.98. The SMILES string of the molecule is C[C@@H]1OC(CO[Si](C)(C)C(C)(C)C)[C@@](C)(O)[C@H](O)C1OCc1ccccc1. The average molecular weight is 397 g/mol. The number of benzene rings is 1. The third kappa shape index (κ3) is 5.19. The molecule has 0 amide bonds. The maximum absolute atomic E-state index is 11.0. The van der Waals surface area contributed by atoms with Crippen LogP contribution in [0.1, 0.15) is 40.2 Å². The lowest BCUT2D eigenvalue weighted by Crippen LogP contribution is -2.66. The fourth-order valence-corrected chi connectivity index (χ4v) is 3.96. The van der Waals surface area contributed by atoms with E-state index in [1.54, 1.807) is 6.92 Å². The summed E-state index contributed by atoms with van der Waals surface area (Å²) in [4.78, 5) is 0. The largest absolute Gasteiger partial charge is 0.414 e. The second-order valence-corrected chi connectivity index (χ2v) is 14.1. The predicted molar refractivity (Wildman–Crippen MR) is 109 cm³/mol. The smallest absolute Gasteiger partial charge is 0.192 e. The first-order chi connectivity index (χ1) is 12.4. The highest BCUT2D eigenvalue weighted by molar-refractivity contribution is 6.74. The normalized spacial score (nSPS) is 32.5. The van der Waals surface area contributed by atoms with Crippen LogP contribution >= 0.6 is 0 Å². The van der Waals surface area contributed by atoms with Gasteiger partial charge < -0.3 is 24.1 Å². The van der Waals surface area contributed by atoms with E-state index in [-0.39, 0.29) is 17.7 Å². The molecular formula is C21H36O5Si. The summed E-state index contributed by atoms with van der Waals surface area (Å²) < 4.78 is 18.2. The van der Waals surface area contributed by atoms with Gasteiger partial charge >= 0.3 is 0 Å². The first-order valence-electron chi connectivity index (χ1n) is 9.71. The Morgan fingerprint density at radius 3 is 2.33 bits per heavy atom. The fraction of sp³-hybridized carbons (Fsp3) is 0.714. The molecule has 0 aliphatic carbocycles. The monoisotopic (exact) mass is 396 g/mol. The van der Waals surface area contributed by atoms with Crippen molar-refractivity contribution in [2.45, 2.75) is 89.4 Å². The maximum Gasteiger partial charge on any atom is 0.192 e. The number of hydrogen-bond acceptors (Lipinski definition) is 5. The molecule has 0 spiro atoms. The van der Waals surface area contributed by atoms with Gasteiger partial charge in [0.1, 0.15) is 23.9 Å². The van der Waals surface area contributed by atoms with E-state index in [0.717, 1.165) is 5.56 Å². The van der Waals surface area contributed by atoms with Crippen molar-refractivity contribution < 1.29 is 24.1 Å². The van der Waals surface area contributed by atoms with Crippen molar-refractivity contribution in [3.8, 4) is 0 Å². The van der Waals surface area contributed by atoms with Crippen LogP contribution in [0.2, 0.25) is 18.1 Å². The van der Waals surface area contributed by atoms with Gasteiger partial charge in [0.15, 0.2) is 8.32 Å². The molecular weight excluding hydrogens is 360 g/mol. The molecule has 5 nitrogen and oxygen atoms in total. The van der Waals surface area contributed by atoms with Gasteiger partial charge in [0.25, 0.3) is 0 Å². The van der Waals surface area contributed by atoms with Crippen molar-refractivity contribution >= 4 is 8.32 Å². The molecule has 1 aliphatic rings. The van der Waals surface area contributed by atoms with Gasteiger partial charge in [0.2, 0.25) is 0 Å². The van der Waals surface area contributed by atoms with Crippen LogP contribution in [-0.2, 0) is 20.5 Å². The molecule has 1 aromatic carbocycles. The van der Waals surface area contributed by atoms with E-state index >= 15 is 0 Å². The lowest BCUT2D eigenvalue weighted by Gasteiger charge is -2.48. The molecule has 1 aromatic rings. The molecule has 154 valence electrons. The van der Waals surface area contributed by atoms with Crippen LogP contribution in [-0.4, -0.2) is 55.2 Å². The van der Waals surface area contributed by atoms with E-state index < -0.39 is 32.2 Å². The van der Waals surface area contributed by atoms with Crippen LogP contribution in [0.25, 0.3) is 0 Å². The Balaban J connectivity index is 2.02. The quantitative estimate of drug-likeness (QED) is 0.721.